The van der Waals surface area contributed by atoms with Gasteiger partial charge in [-0.2, -0.15) is 0 Å². The molecule has 0 saturated carbocycles. The van der Waals surface area contributed by atoms with E-state index < -0.39 is 6.10 Å². The average Bonchev–Trinajstić information content (AvgIpc) is 3.25. The van der Waals surface area contributed by atoms with Crippen LogP contribution < -0.4 is 0 Å². The van der Waals surface area contributed by atoms with Crippen LogP contribution in [-0.2, 0) is 23.8 Å². The Balaban J connectivity index is 4.30. The van der Waals surface area contributed by atoms with E-state index in [1.165, 1.54) is 161 Å². The molecule has 0 rings (SSSR count). The highest BCUT2D eigenvalue weighted by atomic mass is 16.6. The summed E-state index contributed by atoms with van der Waals surface area (Å²) < 4.78 is 17.4. The molecule has 0 aromatic heterocycles. The zero-order valence-corrected chi connectivity index (χ0v) is 40.2. The summed E-state index contributed by atoms with van der Waals surface area (Å²) >= 11 is 0. The van der Waals surface area contributed by atoms with E-state index in [1.807, 2.05) is 0 Å². The van der Waals surface area contributed by atoms with Gasteiger partial charge in [0.25, 0.3) is 0 Å². The highest BCUT2D eigenvalue weighted by Crippen LogP contribution is 2.15. The van der Waals surface area contributed by atoms with Crippen LogP contribution in [0.2, 0.25) is 0 Å². The molecule has 0 spiro atoms. The van der Waals surface area contributed by atoms with Crippen LogP contribution >= 0.6 is 0 Å². The summed E-state index contributed by atoms with van der Waals surface area (Å²) in [6, 6.07) is 0. The molecule has 0 aliphatic heterocycles. The van der Waals surface area contributed by atoms with Crippen LogP contribution in [0.15, 0.2) is 48.6 Å². The number of hydrogen-bond acceptors (Lipinski definition) is 5. The zero-order valence-electron chi connectivity index (χ0n) is 40.2. The van der Waals surface area contributed by atoms with E-state index in [-0.39, 0.29) is 25.2 Å². The van der Waals surface area contributed by atoms with Gasteiger partial charge in [-0.1, -0.05) is 217 Å². The van der Waals surface area contributed by atoms with E-state index in [0.29, 0.717) is 19.4 Å². The minimum Gasteiger partial charge on any atom is -0.463 e. The third-order valence-electron chi connectivity index (χ3n) is 11.4. The van der Waals surface area contributed by atoms with Crippen molar-refractivity contribution in [3.05, 3.63) is 48.6 Å². The fourth-order valence-corrected chi connectivity index (χ4v) is 7.37. The van der Waals surface area contributed by atoms with Gasteiger partial charge in [0, 0.05) is 19.4 Å². The predicted molar refractivity (Wildman–Crippen MR) is 261 cm³/mol. The molecule has 60 heavy (non-hydrogen) atoms. The molecule has 0 aliphatic rings. The van der Waals surface area contributed by atoms with E-state index in [4.69, 9.17) is 14.2 Å². The van der Waals surface area contributed by atoms with Crippen molar-refractivity contribution in [2.24, 2.45) is 0 Å². The van der Waals surface area contributed by atoms with Gasteiger partial charge in [-0.05, 0) is 83.5 Å². The van der Waals surface area contributed by atoms with Gasteiger partial charge >= 0.3 is 11.9 Å². The van der Waals surface area contributed by atoms with Crippen LogP contribution in [0, 0.1) is 0 Å². The Morgan fingerprint density at radius 2 is 0.633 bits per heavy atom. The van der Waals surface area contributed by atoms with E-state index in [2.05, 4.69) is 69.4 Å². The van der Waals surface area contributed by atoms with Crippen LogP contribution in [0.4, 0.5) is 0 Å². The normalized spacial score (nSPS) is 12.5. The number of rotatable bonds is 48. The van der Waals surface area contributed by atoms with Gasteiger partial charge < -0.3 is 14.2 Å². The van der Waals surface area contributed by atoms with Crippen molar-refractivity contribution >= 4 is 11.9 Å². The standard InChI is InChI=1S/C55H100O5/c1-4-7-10-13-16-19-22-25-27-29-32-35-38-41-44-47-50-58-53(51-59-54(56)48-45-42-39-36-33-30-24-21-18-15-12-9-6-3)52-60-55(57)49-46-43-40-37-34-31-28-26-23-20-17-14-11-8-5-2/h17,20-21,24,26,28,34,37,53H,4-16,18-19,22-23,25,27,29-33,35-36,38-52H2,1-3H3/b20-17-,24-21-,28-26-,37-34-/t53-/m0/s1. The Bertz CT molecular complexity index is 997. The summed E-state index contributed by atoms with van der Waals surface area (Å²) in [7, 11) is 0. The van der Waals surface area contributed by atoms with E-state index in [0.717, 1.165) is 70.6 Å². The van der Waals surface area contributed by atoms with Crippen molar-refractivity contribution < 1.29 is 23.8 Å². The van der Waals surface area contributed by atoms with Gasteiger partial charge in [0.15, 0.2) is 0 Å². The molecule has 0 heterocycles. The molecule has 0 N–H and O–H groups in total. The average molecular weight is 841 g/mol. The van der Waals surface area contributed by atoms with Crippen LogP contribution in [0.3, 0.4) is 0 Å². The van der Waals surface area contributed by atoms with Gasteiger partial charge in [0.2, 0.25) is 0 Å². The van der Waals surface area contributed by atoms with Crippen molar-refractivity contribution in [1.29, 1.82) is 0 Å². The Hall–Kier alpha value is -2.14. The number of allylic oxidation sites excluding steroid dienone is 8. The summed E-state index contributed by atoms with van der Waals surface area (Å²) in [5.74, 6) is -0.379. The topological polar surface area (TPSA) is 61.8 Å². The monoisotopic (exact) mass is 841 g/mol. The Labute approximate surface area is 373 Å². The van der Waals surface area contributed by atoms with Gasteiger partial charge in [-0.15, -0.1) is 0 Å². The summed E-state index contributed by atoms with van der Waals surface area (Å²) in [5.41, 5.74) is 0. The van der Waals surface area contributed by atoms with Crippen molar-refractivity contribution in [2.45, 2.75) is 271 Å². The molecule has 0 saturated heterocycles. The third-order valence-corrected chi connectivity index (χ3v) is 11.4. The molecule has 0 aromatic carbocycles. The number of esters is 2. The van der Waals surface area contributed by atoms with E-state index in [9.17, 15) is 9.59 Å². The second-order valence-corrected chi connectivity index (χ2v) is 17.4. The lowest BCUT2D eigenvalue weighted by atomic mass is 10.0. The second kappa shape index (κ2) is 51.2. The van der Waals surface area contributed by atoms with Crippen LogP contribution in [0.25, 0.3) is 0 Å². The largest absolute Gasteiger partial charge is 0.463 e. The molecule has 0 fully saturated rings. The molecule has 0 radical (unpaired) electrons. The smallest absolute Gasteiger partial charge is 0.305 e. The van der Waals surface area contributed by atoms with E-state index >= 15 is 0 Å². The first-order chi connectivity index (χ1) is 29.6. The van der Waals surface area contributed by atoms with Crippen LogP contribution in [-0.4, -0.2) is 37.9 Å². The number of unbranched alkanes of at least 4 members (excludes halogenated alkanes) is 29. The Morgan fingerprint density at radius 3 is 1.08 bits per heavy atom. The fraction of sp³-hybridized carbons (Fsp3) is 0.818. The quantitative estimate of drug-likeness (QED) is 0.0347. The van der Waals surface area contributed by atoms with Crippen molar-refractivity contribution in [3.8, 4) is 0 Å². The van der Waals surface area contributed by atoms with Gasteiger partial charge in [0.05, 0.1) is 0 Å². The number of hydrogen-bond donors (Lipinski definition) is 0. The van der Waals surface area contributed by atoms with Crippen LogP contribution in [0.1, 0.15) is 265 Å². The number of carbonyl (C=O) groups is 2. The molecule has 0 aliphatic carbocycles. The lowest BCUT2D eigenvalue weighted by molar-refractivity contribution is -0.155. The number of ether oxygens (including phenoxy) is 3. The molecule has 5 heteroatoms. The zero-order chi connectivity index (χ0) is 43.5. The fourth-order valence-electron chi connectivity index (χ4n) is 7.37. The highest BCUT2D eigenvalue weighted by molar-refractivity contribution is 5.69. The SMILES string of the molecule is CCCCC/C=C\C/C=C\C/C=C\CCCCC(=O)OC[C@H](COC(=O)CCCCCCC/C=C\CCCCCC)OCCCCCCCCCCCCCCCCCC. The maximum atomic E-state index is 12.6. The van der Waals surface area contributed by atoms with Crippen LogP contribution in [0.5, 0.6) is 0 Å². The van der Waals surface area contributed by atoms with Crippen molar-refractivity contribution in [1.82, 2.24) is 0 Å². The second-order valence-electron chi connectivity index (χ2n) is 17.4. The van der Waals surface area contributed by atoms with Crippen molar-refractivity contribution in [2.75, 3.05) is 19.8 Å². The Kier molecular flexibility index (Phi) is 49.4. The lowest BCUT2D eigenvalue weighted by Crippen LogP contribution is -2.29. The maximum Gasteiger partial charge on any atom is 0.305 e. The molecular formula is C55H100O5. The Morgan fingerprint density at radius 1 is 0.350 bits per heavy atom. The molecule has 350 valence electrons. The lowest BCUT2D eigenvalue weighted by Gasteiger charge is -2.18. The first-order valence-corrected chi connectivity index (χ1v) is 26.2. The first-order valence-electron chi connectivity index (χ1n) is 26.2. The highest BCUT2D eigenvalue weighted by Gasteiger charge is 2.16. The van der Waals surface area contributed by atoms with Crippen molar-refractivity contribution in [3.63, 3.8) is 0 Å². The molecule has 5 nitrogen and oxygen atoms in total. The maximum absolute atomic E-state index is 12.6. The van der Waals surface area contributed by atoms with Gasteiger partial charge in [-0.25, -0.2) is 0 Å². The summed E-state index contributed by atoms with van der Waals surface area (Å²) in [6.45, 7) is 7.66. The predicted octanol–water partition coefficient (Wildman–Crippen LogP) is 17.6. The molecule has 0 unspecified atom stereocenters. The van der Waals surface area contributed by atoms with E-state index in [1.54, 1.807) is 0 Å². The first kappa shape index (κ1) is 57.9. The summed E-state index contributed by atoms with van der Waals surface area (Å²) in [5, 5.41) is 0. The molecule has 0 bridgehead atoms. The number of carbonyl (C=O) groups excluding carboxylic acids is 2. The molecule has 1 atom stereocenters. The molecule has 0 amide bonds. The molecular weight excluding hydrogens is 741 g/mol. The molecule has 0 aromatic rings. The van der Waals surface area contributed by atoms with Gasteiger partial charge in [-0.3, -0.25) is 9.59 Å². The minimum absolute atomic E-state index is 0.137. The minimum atomic E-state index is -0.415. The summed E-state index contributed by atoms with van der Waals surface area (Å²) in [4.78, 5) is 25.2. The third kappa shape index (κ3) is 48.5. The summed E-state index contributed by atoms with van der Waals surface area (Å²) in [6.07, 6.45) is 62.8. The van der Waals surface area contributed by atoms with Gasteiger partial charge in [0.1, 0.15) is 19.3 Å².